The molecule has 7 rings (SSSR count). The second-order valence-corrected chi connectivity index (χ2v) is 10.5. The minimum Gasteiger partial charge on any atom is -0.491 e. The summed E-state index contributed by atoms with van der Waals surface area (Å²) in [6.07, 6.45) is 7.08. The Balaban J connectivity index is 1.19. The summed E-state index contributed by atoms with van der Waals surface area (Å²) < 4.78 is 9.53. The summed E-state index contributed by atoms with van der Waals surface area (Å²) >= 11 is 6.30. The van der Waals surface area contributed by atoms with Gasteiger partial charge in [-0.05, 0) is 74.8 Å². The van der Waals surface area contributed by atoms with E-state index in [0.29, 0.717) is 31.1 Å². The molecule has 2 bridgehead atoms. The summed E-state index contributed by atoms with van der Waals surface area (Å²) in [7, 11) is 0. The van der Waals surface area contributed by atoms with Crippen LogP contribution in [0.1, 0.15) is 47.9 Å². The highest BCUT2D eigenvalue weighted by atomic mass is 35.5. The lowest BCUT2D eigenvalue weighted by atomic mass is 9.42. The number of pyridine rings is 1. The minimum atomic E-state index is -0.184. The molecule has 0 spiro atoms. The summed E-state index contributed by atoms with van der Waals surface area (Å²) in [5, 5.41) is 0.735. The van der Waals surface area contributed by atoms with Crippen LogP contribution in [-0.4, -0.2) is 44.1 Å². The summed E-state index contributed by atoms with van der Waals surface area (Å²) in [6.45, 7) is 5.16. The van der Waals surface area contributed by atoms with Gasteiger partial charge in [0.25, 0.3) is 11.5 Å². The normalized spacial score (nSPS) is 23.7. The molecule has 1 aromatic carbocycles. The maximum absolute atomic E-state index is 13.3. The van der Waals surface area contributed by atoms with Crippen molar-refractivity contribution in [2.75, 3.05) is 13.2 Å². The van der Waals surface area contributed by atoms with E-state index in [1.54, 1.807) is 38.7 Å². The molecule has 0 N–H and O–H groups in total. The third-order valence-electron chi connectivity index (χ3n) is 7.75. The van der Waals surface area contributed by atoms with Crippen molar-refractivity contribution in [3.05, 3.63) is 75.2 Å². The number of fused-ring (bicyclic) bond motifs is 1. The van der Waals surface area contributed by atoms with Gasteiger partial charge in [0.1, 0.15) is 23.7 Å². The van der Waals surface area contributed by atoms with Gasteiger partial charge in [-0.15, -0.1) is 0 Å². The molecule has 1 atom stereocenters. The molecule has 8 heteroatoms. The Morgan fingerprint density at radius 2 is 1.97 bits per heavy atom. The third-order valence-corrected chi connectivity index (χ3v) is 7.99. The molecule has 0 unspecified atom stereocenters. The topological polar surface area (TPSA) is 69.4 Å². The van der Waals surface area contributed by atoms with E-state index in [1.165, 1.54) is 24.8 Å². The number of benzene rings is 1. The van der Waals surface area contributed by atoms with Crippen LogP contribution in [0.2, 0.25) is 5.02 Å². The summed E-state index contributed by atoms with van der Waals surface area (Å²) in [4.78, 5) is 32.3. The fourth-order valence-electron chi connectivity index (χ4n) is 5.75. The predicted molar refractivity (Wildman–Crippen MR) is 129 cm³/mol. The van der Waals surface area contributed by atoms with Crippen molar-refractivity contribution in [1.82, 2.24) is 19.0 Å². The average Bonchev–Trinajstić information content (AvgIpc) is 3.17. The van der Waals surface area contributed by atoms with E-state index >= 15 is 0 Å². The van der Waals surface area contributed by atoms with Gasteiger partial charge >= 0.3 is 0 Å². The van der Waals surface area contributed by atoms with E-state index in [1.807, 2.05) is 32.0 Å². The van der Waals surface area contributed by atoms with Crippen LogP contribution < -0.4 is 10.3 Å². The average molecular weight is 479 g/mol. The molecule has 7 nitrogen and oxygen atoms in total. The number of hydrogen-bond acceptors (Lipinski definition) is 4. The number of rotatable bonds is 6. The van der Waals surface area contributed by atoms with Gasteiger partial charge in [0.15, 0.2) is 0 Å². The summed E-state index contributed by atoms with van der Waals surface area (Å²) in [5.41, 5.74) is 2.99. The number of amides is 1. The Morgan fingerprint density at radius 3 is 2.65 bits per heavy atom. The molecule has 4 aliphatic rings. The van der Waals surface area contributed by atoms with Crippen molar-refractivity contribution in [3.8, 4) is 11.4 Å². The molecule has 176 valence electrons. The highest BCUT2D eigenvalue weighted by molar-refractivity contribution is 6.30. The molecule has 1 amide bonds. The first-order valence-corrected chi connectivity index (χ1v) is 12.2. The Hall–Kier alpha value is -3.06. The number of aromatic nitrogens is 3. The van der Waals surface area contributed by atoms with E-state index in [0.717, 1.165) is 22.4 Å². The smallest absolute Gasteiger partial charge is 0.275 e. The second kappa shape index (κ2) is 7.73. The van der Waals surface area contributed by atoms with Crippen molar-refractivity contribution in [3.63, 3.8) is 0 Å². The standard InChI is InChI=1S/C26H27ClN4O3/c1-16-13-29(15-28-16)21-4-5-22-25(33)30(7-8-31(22)24(21)32)17(2)14-34-23-6-3-19(27)9-20(23)26-10-18(11-26)12-26/h3-6,9,13,15,17-18H,7-8,10-12,14H2,1-2H3/t17-,18?,26?/m0/s1. The number of hydrogen-bond donors (Lipinski definition) is 0. The molecule has 3 aromatic rings. The van der Waals surface area contributed by atoms with E-state index in [2.05, 4.69) is 4.98 Å². The van der Waals surface area contributed by atoms with Gasteiger partial charge in [-0.25, -0.2) is 4.98 Å². The van der Waals surface area contributed by atoms with Crippen molar-refractivity contribution in [1.29, 1.82) is 0 Å². The predicted octanol–water partition coefficient (Wildman–Crippen LogP) is 3.97. The molecule has 3 heterocycles. The van der Waals surface area contributed by atoms with Crippen LogP contribution in [0, 0.1) is 12.8 Å². The molecule has 0 saturated heterocycles. The lowest BCUT2D eigenvalue weighted by Gasteiger charge is -2.62. The fourth-order valence-corrected chi connectivity index (χ4v) is 5.93. The molecule has 2 aromatic heterocycles. The molecule has 3 aliphatic carbocycles. The summed E-state index contributed by atoms with van der Waals surface area (Å²) in [5.74, 6) is 1.58. The maximum atomic E-state index is 13.3. The lowest BCUT2D eigenvalue weighted by molar-refractivity contribution is -0.0296. The number of nitrogens with zero attached hydrogens (tertiary/aromatic N) is 4. The van der Waals surface area contributed by atoms with Crippen LogP contribution in [0.5, 0.6) is 5.75 Å². The number of aryl methyl sites for hydroxylation is 1. The first-order valence-electron chi connectivity index (χ1n) is 11.8. The zero-order valence-electron chi connectivity index (χ0n) is 19.3. The SMILES string of the molecule is Cc1cn(-c2ccc3n(c2=O)CCN([C@@H](C)COc2ccc(Cl)cc2C24CC(C2)C4)C3=O)cn1. The first-order chi connectivity index (χ1) is 16.3. The van der Waals surface area contributed by atoms with Crippen LogP contribution in [0.3, 0.4) is 0 Å². The Kier molecular flexibility index (Phi) is 4.88. The Morgan fingerprint density at radius 1 is 1.18 bits per heavy atom. The van der Waals surface area contributed by atoms with Crippen molar-refractivity contribution in [2.24, 2.45) is 5.92 Å². The monoisotopic (exact) mass is 478 g/mol. The van der Waals surface area contributed by atoms with E-state index in [4.69, 9.17) is 16.3 Å². The molecule has 3 fully saturated rings. The van der Waals surface area contributed by atoms with Crippen LogP contribution >= 0.6 is 11.6 Å². The highest BCUT2D eigenvalue weighted by Gasteiger charge is 2.58. The summed E-state index contributed by atoms with van der Waals surface area (Å²) in [6, 6.07) is 9.16. The van der Waals surface area contributed by atoms with Crippen LogP contribution in [-0.2, 0) is 12.0 Å². The van der Waals surface area contributed by atoms with Gasteiger partial charge in [-0.3, -0.25) is 9.59 Å². The fraction of sp³-hybridized carbons (Fsp3) is 0.423. The van der Waals surface area contributed by atoms with Gasteiger partial charge in [0, 0.05) is 29.9 Å². The first kappa shape index (κ1) is 21.5. The molecule has 0 radical (unpaired) electrons. The zero-order valence-corrected chi connectivity index (χ0v) is 20.1. The second-order valence-electron chi connectivity index (χ2n) is 10.0. The van der Waals surface area contributed by atoms with Crippen LogP contribution in [0.15, 0.2) is 47.7 Å². The Bertz CT molecular complexity index is 1340. The number of carbonyl (C=O) groups excluding carboxylic acids is 1. The molecule has 3 saturated carbocycles. The lowest BCUT2D eigenvalue weighted by Crippen LogP contribution is -2.55. The quantitative estimate of drug-likeness (QED) is 0.537. The van der Waals surface area contributed by atoms with Gasteiger partial charge in [-0.2, -0.15) is 0 Å². The maximum Gasteiger partial charge on any atom is 0.275 e. The largest absolute Gasteiger partial charge is 0.491 e. The van der Waals surface area contributed by atoms with Crippen molar-refractivity contribution in [2.45, 2.75) is 51.1 Å². The molecule has 34 heavy (non-hydrogen) atoms. The molecule has 1 aliphatic heterocycles. The van der Waals surface area contributed by atoms with E-state index in [9.17, 15) is 9.59 Å². The van der Waals surface area contributed by atoms with E-state index in [-0.39, 0.29) is 22.9 Å². The van der Waals surface area contributed by atoms with Gasteiger partial charge < -0.3 is 18.8 Å². The van der Waals surface area contributed by atoms with Crippen molar-refractivity contribution < 1.29 is 9.53 Å². The van der Waals surface area contributed by atoms with Gasteiger partial charge in [0.05, 0.1) is 18.1 Å². The highest BCUT2D eigenvalue weighted by Crippen LogP contribution is 2.66. The number of carbonyl (C=O) groups is 1. The van der Waals surface area contributed by atoms with Crippen molar-refractivity contribution >= 4 is 17.5 Å². The Labute approximate surface area is 202 Å². The number of imidazole rings is 1. The minimum absolute atomic E-state index is 0.135. The third kappa shape index (κ3) is 3.28. The molecular formula is C26H27ClN4O3. The van der Waals surface area contributed by atoms with E-state index < -0.39 is 0 Å². The number of halogens is 1. The zero-order chi connectivity index (χ0) is 23.6. The van der Waals surface area contributed by atoms with Gasteiger partial charge in [0.2, 0.25) is 0 Å². The number of ether oxygens (including phenoxy) is 1. The molecular weight excluding hydrogens is 452 g/mol. The van der Waals surface area contributed by atoms with Crippen LogP contribution in [0.4, 0.5) is 0 Å². The van der Waals surface area contributed by atoms with Crippen LogP contribution in [0.25, 0.3) is 5.69 Å². The van der Waals surface area contributed by atoms with Gasteiger partial charge in [-0.1, -0.05) is 11.6 Å².